The molecule has 0 aliphatic rings. The van der Waals surface area contributed by atoms with Crippen LogP contribution in [-0.2, 0) is 9.53 Å². The second kappa shape index (κ2) is 12.5. The van der Waals surface area contributed by atoms with Crippen molar-refractivity contribution in [2.45, 2.75) is 26.9 Å². The Morgan fingerprint density at radius 1 is 1.25 bits per heavy atom. The van der Waals surface area contributed by atoms with Crippen LogP contribution in [0.15, 0.2) is 60.9 Å². The number of hydrogen-bond donors (Lipinski definition) is 1. The Balaban J connectivity index is 0.00000254. The van der Waals surface area contributed by atoms with E-state index in [4.69, 9.17) is 33.7 Å². The van der Waals surface area contributed by atoms with Gasteiger partial charge in [0.05, 0.1) is 0 Å². The fourth-order valence-electron chi connectivity index (χ4n) is 1.45. The first kappa shape index (κ1) is 22.0. The van der Waals surface area contributed by atoms with Crippen LogP contribution in [0.3, 0.4) is 0 Å². The third-order valence-electron chi connectivity index (χ3n) is 2.47. The Hall–Kier alpha value is -1.97. The van der Waals surface area contributed by atoms with Crippen LogP contribution in [0.5, 0.6) is 0 Å². The van der Waals surface area contributed by atoms with E-state index in [0.29, 0.717) is 15.7 Å². The zero-order valence-electron chi connectivity index (χ0n) is 14.1. The molecule has 1 aromatic rings. The Morgan fingerprint density at radius 3 is 2.50 bits per heavy atom. The van der Waals surface area contributed by atoms with E-state index in [-0.39, 0.29) is 6.10 Å². The topological polar surface area (TPSA) is 52.3 Å². The number of nitrogens with two attached hydrogens (primary N) is 1. The molecule has 1 unspecified atom stereocenters. The van der Waals surface area contributed by atoms with E-state index >= 15 is 0 Å². The molecule has 0 aliphatic carbocycles. The Labute approximate surface area is 154 Å². The van der Waals surface area contributed by atoms with E-state index in [9.17, 15) is 4.79 Å². The lowest BCUT2D eigenvalue weighted by Gasteiger charge is -2.06. The third-order valence-corrected chi connectivity index (χ3v) is 3.03. The maximum atomic E-state index is 11.5. The van der Waals surface area contributed by atoms with Crippen molar-refractivity contribution >= 4 is 35.2 Å². The van der Waals surface area contributed by atoms with Crippen molar-refractivity contribution < 1.29 is 9.53 Å². The second-order valence-electron chi connectivity index (χ2n) is 4.46. The number of esters is 1. The molecule has 0 radical (unpaired) electrons. The highest BCUT2D eigenvalue weighted by Crippen LogP contribution is 2.21. The van der Waals surface area contributed by atoms with Gasteiger partial charge < -0.3 is 10.5 Å². The third kappa shape index (κ3) is 9.93. The normalized spacial score (nSPS) is 12.2. The molecule has 3 nitrogen and oxygen atoms in total. The summed E-state index contributed by atoms with van der Waals surface area (Å²) in [5.74, 6) is -0.452. The molecule has 0 aliphatic heterocycles. The molecule has 130 valence electrons. The average Bonchev–Trinajstić information content (AvgIpc) is 2.53. The van der Waals surface area contributed by atoms with Gasteiger partial charge >= 0.3 is 5.97 Å². The lowest BCUT2D eigenvalue weighted by atomic mass is 10.2. The molecule has 0 aromatic heterocycles. The predicted octanol–water partition coefficient (Wildman–Crippen LogP) is 5.55. The van der Waals surface area contributed by atoms with Gasteiger partial charge in [0.15, 0.2) is 0 Å². The molecule has 0 amide bonds. The predicted molar refractivity (Wildman–Crippen MR) is 104 cm³/mol. The highest BCUT2D eigenvalue weighted by molar-refractivity contribution is 6.35. The number of rotatable bonds is 6. The molecule has 5 heteroatoms. The molecule has 24 heavy (non-hydrogen) atoms. The number of ether oxygens (including phenoxy) is 1. The summed E-state index contributed by atoms with van der Waals surface area (Å²) < 4.78 is 5.11. The number of carbonyl (C=O) groups excluding carboxylic acids is 1. The van der Waals surface area contributed by atoms with Gasteiger partial charge in [0.2, 0.25) is 0 Å². The van der Waals surface area contributed by atoms with Crippen LogP contribution in [-0.4, -0.2) is 12.1 Å². The van der Waals surface area contributed by atoms with E-state index < -0.39 is 5.97 Å². The fraction of sp³-hybridized carbons (Fsp3) is 0.211. The van der Waals surface area contributed by atoms with Crippen molar-refractivity contribution in [3.63, 3.8) is 0 Å². The fourth-order valence-corrected chi connectivity index (χ4v) is 1.92. The first-order valence-corrected chi connectivity index (χ1v) is 8.27. The quantitative estimate of drug-likeness (QED) is 0.407. The van der Waals surface area contributed by atoms with Crippen molar-refractivity contribution in [2.75, 3.05) is 0 Å². The zero-order valence-corrected chi connectivity index (χ0v) is 15.6. The zero-order chi connectivity index (χ0) is 18.5. The van der Waals surface area contributed by atoms with Gasteiger partial charge in [0.1, 0.15) is 6.10 Å². The van der Waals surface area contributed by atoms with Gasteiger partial charge in [0, 0.05) is 21.8 Å². The van der Waals surface area contributed by atoms with Crippen LogP contribution in [0.2, 0.25) is 10.0 Å². The molecule has 1 rings (SSSR count). The number of allylic oxidation sites excluding steroid dienone is 3. The molecule has 0 heterocycles. The van der Waals surface area contributed by atoms with Gasteiger partial charge in [-0.05, 0) is 36.8 Å². The summed E-state index contributed by atoms with van der Waals surface area (Å²) in [5, 5.41) is 1.11. The lowest BCUT2D eigenvalue weighted by molar-refractivity contribution is -0.140. The summed E-state index contributed by atoms with van der Waals surface area (Å²) in [7, 11) is 0. The Kier molecular flexibility index (Phi) is 11.4. The number of halogens is 2. The minimum Gasteiger partial charge on any atom is -0.455 e. The Bertz CT molecular complexity index is 634. The molecular formula is C19H23Cl2NO2. The Morgan fingerprint density at radius 2 is 1.92 bits per heavy atom. The summed E-state index contributed by atoms with van der Waals surface area (Å²) in [6.45, 7) is 9.25. The highest BCUT2D eigenvalue weighted by Gasteiger charge is 2.02. The first-order chi connectivity index (χ1) is 11.4. The molecule has 0 fully saturated rings. The first-order valence-electron chi connectivity index (χ1n) is 7.51. The molecule has 0 bridgehead atoms. The van der Waals surface area contributed by atoms with Crippen molar-refractivity contribution in [2.24, 2.45) is 5.73 Å². The maximum Gasteiger partial charge on any atom is 0.331 e. The standard InChI is InChI=1S/C17H17Cl2NO2.C2H6/c1-12(20)7-8-13(2)22-17(21)6-4-3-5-14-9-10-15(18)11-16(14)19;1-2/h3-11,13H,1,20H2,2H3;1-2H3/b5-3+,6-4+,8-7-;. The van der Waals surface area contributed by atoms with Gasteiger partial charge in [-0.15, -0.1) is 0 Å². The molecule has 0 saturated carbocycles. The second-order valence-corrected chi connectivity index (χ2v) is 5.30. The summed E-state index contributed by atoms with van der Waals surface area (Å²) in [6, 6.07) is 5.18. The van der Waals surface area contributed by atoms with Crippen molar-refractivity contribution in [3.05, 3.63) is 76.5 Å². The molecule has 1 aromatic carbocycles. The maximum absolute atomic E-state index is 11.5. The van der Waals surface area contributed by atoms with Gasteiger partial charge in [-0.3, -0.25) is 0 Å². The summed E-state index contributed by atoms with van der Waals surface area (Å²) in [4.78, 5) is 11.5. The monoisotopic (exact) mass is 367 g/mol. The minimum absolute atomic E-state index is 0.382. The van der Waals surface area contributed by atoms with Gasteiger partial charge in [-0.2, -0.15) is 0 Å². The number of benzene rings is 1. The molecular weight excluding hydrogens is 345 g/mol. The van der Waals surface area contributed by atoms with E-state index in [1.165, 1.54) is 6.08 Å². The van der Waals surface area contributed by atoms with Crippen LogP contribution >= 0.6 is 23.2 Å². The summed E-state index contributed by atoms with van der Waals surface area (Å²) in [6.07, 6.45) is 9.21. The average molecular weight is 368 g/mol. The number of hydrogen-bond acceptors (Lipinski definition) is 3. The van der Waals surface area contributed by atoms with Gasteiger partial charge in [-0.1, -0.05) is 67.9 Å². The van der Waals surface area contributed by atoms with Gasteiger partial charge in [0.25, 0.3) is 0 Å². The molecule has 1 atom stereocenters. The highest BCUT2D eigenvalue weighted by atomic mass is 35.5. The SMILES string of the molecule is C=C(N)/C=C\C(C)OC(=O)/C=C/C=C/c1ccc(Cl)cc1Cl.CC. The van der Waals surface area contributed by atoms with E-state index in [0.717, 1.165) is 5.56 Å². The van der Waals surface area contributed by atoms with E-state index in [1.807, 2.05) is 13.8 Å². The van der Waals surface area contributed by atoms with Crippen molar-refractivity contribution in [1.29, 1.82) is 0 Å². The van der Waals surface area contributed by atoms with E-state index in [2.05, 4.69) is 6.58 Å². The van der Waals surface area contributed by atoms with Crippen LogP contribution in [0, 0.1) is 0 Å². The summed E-state index contributed by atoms with van der Waals surface area (Å²) >= 11 is 11.8. The largest absolute Gasteiger partial charge is 0.455 e. The van der Waals surface area contributed by atoms with Crippen LogP contribution in [0.1, 0.15) is 26.3 Å². The molecule has 0 saturated heterocycles. The van der Waals surface area contributed by atoms with Crippen LogP contribution in [0.25, 0.3) is 6.08 Å². The van der Waals surface area contributed by atoms with Gasteiger partial charge in [-0.25, -0.2) is 4.79 Å². The van der Waals surface area contributed by atoms with Crippen LogP contribution < -0.4 is 5.73 Å². The van der Waals surface area contributed by atoms with Crippen molar-refractivity contribution in [3.8, 4) is 0 Å². The molecule has 0 spiro atoms. The summed E-state index contributed by atoms with van der Waals surface area (Å²) in [5.41, 5.74) is 6.59. The number of carbonyl (C=O) groups is 1. The van der Waals surface area contributed by atoms with Crippen molar-refractivity contribution in [1.82, 2.24) is 0 Å². The van der Waals surface area contributed by atoms with E-state index in [1.54, 1.807) is 55.5 Å². The molecule has 2 N–H and O–H groups in total. The minimum atomic E-state index is -0.452. The van der Waals surface area contributed by atoms with Crippen LogP contribution in [0.4, 0.5) is 0 Å². The lowest BCUT2D eigenvalue weighted by Crippen LogP contribution is -2.10. The smallest absolute Gasteiger partial charge is 0.331 e.